The summed E-state index contributed by atoms with van der Waals surface area (Å²) in [6.07, 6.45) is 6.32. The summed E-state index contributed by atoms with van der Waals surface area (Å²) < 4.78 is 21.5. The van der Waals surface area contributed by atoms with Crippen molar-refractivity contribution in [3.63, 3.8) is 0 Å². The Morgan fingerprint density at radius 1 is 1.35 bits per heavy atom. The molecule has 0 aliphatic carbocycles. The van der Waals surface area contributed by atoms with Crippen molar-refractivity contribution in [2.45, 2.75) is 32.3 Å². The van der Waals surface area contributed by atoms with Gasteiger partial charge in [0.1, 0.15) is 6.61 Å². The lowest BCUT2D eigenvalue weighted by molar-refractivity contribution is -0.143. The quantitative estimate of drug-likeness (QED) is 0.570. The highest BCUT2D eigenvalue weighted by Crippen LogP contribution is 2.28. The third kappa shape index (κ3) is 5.60. The molecule has 1 saturated heterocycles. The monoisotopic (exact) mass is 320 g/mol. The van der Waals surface area contributed by atoms with Crippen LogP contribution in [0.5, 0.6) is 11.5 Å². The van der Waals surface area contributed by atoms with Gasteiger partial charge in [-0.05, 0) is 50.0 Å². The Kier molecular flexibility index (Phi) is 6.94. The first kappa shape index (κ1) is 17.3. The molecular formula is C18H24O5. The van der Waals surface area contributed by atoms with Gasteiger partial charge in [0.25, 0.3) is 0 Å². The Morgan fingerprint density at radius 3 is 2.91 bits per heavy atom. The molecule has 1 aromatic rings. The molecule has 0 bridgehead atoms. The molecule has 5 heteroatoms. The summed E-state index contributed by atoms with van der Waals surface area (Å²) in [5, 5.41) is 0. The van der Waals surface area contributed by atoms with E-state index in [-0.39, 0.29) is 12.1 Å². The maximum absolute atomic E-state index is 11.8. The normalized spacial score (nSPS) is 17.9. The molecule has 1 aliphatic rings. The van der Waals surface area contributed by atoms with Gasteiger partial charge in [0.15, 0.2) is 11.5 Å². The summed E-state index contributed by atoms with van der Waals surface area (Å²) in [7, 11) is 1.60. The second-order valence-corrected chi connectivity index (χ2v) is 5.30. The van der Waals surface area contributed by atoms with Crippen LogP contribution in [0.25, 0.3) is 6.08 Å². The fraction of sp³-hybridized carbons (Fsp3) is 0.500. The fourth-order valence-electron chi connectivity index (χ4n) is 2.39. The van der Waals surface area contributed by atoms with E-state index in [0.29, 0.717) is 24.7 Å². The second kappa shape index (κ2) is 9.20. The van der Waals surface area contributed by atoms with E-state index in [1.165, 1.54) is 6.08 Å². The summed E-state index contributed by atoms with van der Waals surface area (Å²) in [5.74, 6) is 0.954. The predicted molar refractivity (Wildman–Crippen MR) is 87.7 cm³/mol. The maximum atomic E-state index is 11.8. The molecule has 1 atom stereocenters. The van der Waals surface area contributed by atoms with Gasteiger partial charge in [-0.25, -0.2) is 4.79 Å². The number of carbonyl (C=O) groups is 1. The maximum Gasteiger partial charge on any atom is 0.330 e. The van der Waals surface area contributed by atoms with Gasteiger partial charge in [0.05, 0.1) is 19.8 Å². The lowest BCUT2D eigenvalue weighted by atomic mass is 10.1. The van der Waals surface area contributed by atoms with E-state index < -0.39 is 0 Å². The highest BCUT2D eigenvalue weighted by molar-refractivity contribution is 5.87. The van der Waals surface area contributed by atoms with E-state index in [0.717, 1.165) is 31.4 Å². The number of hydrogen-bond donors (Lipinski definition) is 0. The lowest BCUT2D eigenvalue weighted by Gasteiger charge is -2.21. The van der Waals surface area contributed by atoms with Gasteiger partial charge in [-0.2, -0.15) is 0 Å². The summed E-state index contributed by atoms with van der Waals surface area (Å²) in [5.41, 5.74) is 0.847. The van der Waals surface area contributed by atoms with Gasteiger partial charge in [0, 0.05) is 12.7 Å². The first-order valence-corrected chi connectivity index (χ1v) is 8.00. The number of ether oxygens (including phenoxy) is 4. The van der Waals surface area contributed by atoms with Crippen molar-refractivity contribution in [3.8, 4) is 11.5 Å². The van der Waals surface area contributed by atoms with E-state index in [9.17, 15) is 4.79 Å². The molecule has 2 rings (SSSR count). The van der Waals surface area contributed by atoms with Crippen LogP contribution in [0.15, 0.2) is 24.3 Å². The molecular weight excluding hydrogens is 296 g/mol. The van der Waals surface area contributed by atoms with Gasteiger partial charge < -0.3 is 18.9 Å². The smallest absolute Gasteiger partial charge is 0.330 e. The van der Waals surface area contributed by atoms with E-state index in [2.05, 4.69) is 0 Å². The molecule has 0 N–H and O–H groups in total. The van der Waals surface area contributed by atoms with Crippen molar-refractivity contribution in [3.05, 3.63) is 29.8 Å². The Bertz CT molecular complexity index is 532. The minimum atomic E-state index is -0.368. The number of carbonyl (C=O) groups excluding carboxylic acids is 1. The second-order valence-electron chi connectivity index (χ2n) is 5.30. The molecule has 0 radical (unpaired) electrons. The minimum absolute atomic E-state index is 0.0339. The zero-order valence-electron chi connectivity index (χ0n) is 13.7. The lowest BCUT2D eigenvalue weighted by Crippen LogP contribution is -2.25. The van der Waals surface area contributed by atoms with Crippen LogP contribution in [-0.2, 0) is 14.3 Å². The van der Waals surface area contributed by atoms with Crippen LogP contribution in [0.2, 0.25) is 0 Å². The zero-order valence-corrected chi connectivity index (χ0v) is 13.7. The predicted octanol–water partition coefficient (Wildman–Crippen LogP) is 3.22. The molecule has 0 saturated carbocycles. The van der Waals surface area contributed by atoms with Gasteiger partial charge in [-0.3, -0.25) is 0 Å². The number of hydrogen-bond acceptors (Lipinski definition) is 5. The Balaban J connectivity index is 1.88. The fourth-order valence-corrected chi connectivity index (χ4v) is 2.39. The summed E-state index contributed by atoms with van der Waals surface area (Å²) in [6.45, 7) is 3.53. The number of rotatable bonds is 7. The largest absolute Gasteiger partial charge is 0.493 e. The van der Waals surface area contributed by atoms with Crippen LogP contribution in [-0.4, -0.2) is 39.0 Å². The Morgan fingerprint density at radius 2 is 2.22 bits per heavy atom. The summed E-state index contributed by atoms with van der Waals surface area (Å²) in [4.78, 5) is 11.8. The number of benzene rings is 1. The van der Waals surface area contributed by atoms with Crippen molar-refractivity contribution in [2.24, 2.45) is 0 Å². The first-order chi connectivity index (χ1) is 11.2. The van der Waals surface area contributed by atoms with Crippen molar-refractivity contribution >= 4 is 12.0 Å². The average Bonchev–Trinajstić information content (AvgIpc) is 2.59. The van der Waals surface area contributed by atoms with Crippen molar-refractivity contribution in [1.82, 2.24) is 0 Å². The highest BCUT2D eigenvalue weighted by atomic mass is 16.6. The van der Waals surface area contributed by atoms with E-state index >= 15 is 0 Å². The number of esters is 1. The first-order valence-electron chi connectivity index (χ1n) is 8.00. The van der Waals surface area contributed by atoms with Crippen molar-refractivity contribution in [2.75, 3.05) is 26.9 Å². The third-order valence-electron chi connectivity index (χ3n) is 3.58. The SMILES string of the molecule is CCOc1cc(C=CC(=O)OCC2CCCCO2)ccc1OC. The average molecular weight is 320 g/mol. The van der Waals surface area contributed by atoms with E-state index in [4.69, 9.17) is 18.9 Å². The molecule has 0 aromatic heterocycles. The molecule has 0 amide bonds. The molecule has 1 aromatic carbocycles. The van der Waals surface area contributed by atoms with Crippen LogP contribution in [0.1, 0.15) is 31.7 Å². The molecule has 1 aliphatic heterocycles. The number of methoxy groups -OCH3 is 1. The molecule has 126 valence electrons. The topological polar surface area (TPSA) is 54.0 Å². The Hall–Kier alpha value is -2.01. The van der Waals surface area contributed by atoms with Gasteiger partial charge in [-0.15, -0.1) is 0 Å². The van der Waals surface area contributed by atoms with Gasteiger partial charge >= 0.3 is 5.97 Å². The standard InChI is InChI=1S/C18H24O5/c1-3-21-17-12-14(7-9-16(17)20-2)8-10-18(19)23-13-15-6-4-5-11-22-15/h7-10,12,15H,3-6,11,13H2,1-2H3. The van der Waals surface area contributed by atoms with Crippen LogP contribution in [0.3, 0.4) is 0 Å². The van der Waals surface area contributed by atoms with E-state index in [1.54, 1.807) is 13.2 Å². The molecule has 1 heterocycles. The summed E-state index contributed by atoms with van der Waals surface area (Å²) in [6, 6.07) is 5.50. The van der Waals surface area contributed by atoms with Crippen LogP contribution in [0.4, 0.5) is 0 Å². The van der Waals surface area contributed by atoms with Gasteiger partial charge in [0.2, 0.25) is 0 Å². The molecule has 0 spiro atoms. The van der Waals surface area contributed by atoms with Gasteiger partial charge in [-0.1, -0.05) is 6.07 Å². The molecule has 1 unspecified atom stereocenters. The van der Waals surface area contributed by atoms with Crippen LogP contribution >= 0.6 is 0 Å². The Labute approximate surface area is 137 Å². The van der Waals surface area contributed by atoms with E-state index in [1.807, 2.05) is 25.1 Å². The van der Waals surface area contributed by atoms with Crippen LogP contribution < -0.4 is 9.47 Å². The zero-order chi connectivity index (χ0) is 16.5. The minimum Gasteiger partial charge on any atom is -0.493 e. The molecule has 1 fully saturated rings. The van der Waals surface area contributed by atoms with Crippen molar-refractivity contribution < 1.29 is 23.7 Å². The van der Waals surface area contributed by atoms with Crippen LogP contribution in [0, 0.1) is 0 Å². The highest BCUT2D eigenvalue weighted by Gasteiger charge is 2.15. The summed E-state index contributed by atoms with van der Waals surface area (Å²) >= 11 is 0. The third-order valence-corrected chi connectivity index (χ3v) is 3.58. The van der Waals surface area contributed by atoms with Crippen molar-refractivity contribution in [1.29, 1.82) is 0 Å². The molecule has 23 heavy (non-hydrogen) atoms. The molecule has 5 nitrogen and oxygen atoms in total.